The first-order valence-electron chi connectivity index (χ1n) is 33.3. The van der Waals surface area contributed by atoms with Gasteiger partial charge in [0.25, 0.3) is 13.4 Å². The summed E-state index contributed by atoms with van der Waals surface area (Å²) in [5.74, 6) is 0. The van der Waals surface area contributed by atoms with E-state index in [1.807, 2.05) is 0 Å². The molecule has 0 saturated heterocycles. The first kappa shape index (κ1) is 57.9. The smallest absolute Gasteiger partial charge is 0.252 e. The highest BCUT2D eigenvalue weighted by molar-refractivity contribution is 7.01. The zero-order valence-electron chi connectivity index (χ0n) is 54.2. The third-order valence-corrected chi connectivity index (χ3v) is 19.5. The minimum atomic E-state index is 0.0806. The third kappa shape index (κ3) is 10.00. The quantitative estimate of drug-likeness (QED) is 0.126. The lowest BCUT2D eigenvalue weighted by Crippen LogP contribution is -2.61. The van der Waals surface area contributed by atoms with Gasteiger partial charge in [0.1, 0.15) is 0 Å². The van der Waals surface area contributed by atoms with Crippen molar-refractivity contribution in [1.29, 1.82) is 0 Å². The Morgan fingerprint density at radius 2 is 0.448 bits per heavy atom. The molecule has 4 aliphatic rings. The monoisotopic (exact) mass is 1230 g/mol. The van der Waals surface area contributed by atoms with Crippen molar-refractivity contribution in [2.45, 2.75) is 27.7 Å². The minimum Gasteiger partial charge on any atom is -0.311 e. The van der Waals surface area contributed by atoms with Crippen LogP contribution in [0.4, 0.5) is 102 Å². The molecule has 6 nitrogen and oxygen atoms in total. The molecule has 0 unspecified atom stereocenters. The SMILES string of the molecule is Cc1ccc(N(c2ccc(C)cc2)c2ccc3c(c2)N(c2ccc(C)cc2)c2cccc4c2B3c2ccccc2N4c2ccc(C)cc2)cc1.c1ccc(N(c2ccccc2)c2ccc3c(c2)N(c2ccccc2)c2cccc4c2B3c2ccccc2N4c2ccccc2)cc1. The van der Waals surface area contributed by atoms with Crippen LogP contribution in [0.2, 0.25) is 0 Å². The number of hydrogen-bond acceptors (Lipinski definition) is 6. The number of nitrogens with zero attached hydrogens (tertiary/aromatic N) is 6. The Bertz CT molecular complexity index is 5100. The van der Waals surface area contributed by atoms with Crippen LogP contribution in [0.3, 0.4) is 0 Å². The van der Waals surface area contributed by atoms with Crippen molar-refractivity contribution in [1.82, 2.24) is 0 Å². The van der Waals surface area contributed by atoms with Gasteiger partial charge in [-0.2, -0.15) is 0 Å². The summed E-state index contributed by atoms with van der Waals surface area (Å²) in [4.78, 5) is 14.6. The molecule has 0 amide bonds. The van der Waals surface area contributed by atoms with Crippen LogP contribution in [0.15, 0.2) is 340 Å². The van der Waals surface area contributed by atoms with Gasteiger partial charge in [-0.15, -0.1) is 0 Å². The molecule has 18 rings (SSSR count). The Hall–Kier alpha value is -12.0. The molecular formula is C88H68B2N6. The fraction of sp³-hybridized carbons (Fsp3) is 0.0455. The predicted molar refractivity (Wildman–Crippen MR) is 409 cm³/mol. The van der Waals surface area contributed by atoms with Crippen molar-refractivity contribution >= 4 is 149 Å². The van der Waals surface area contributed by atoms with Crippen molar-refractivity contribution in [2.24, 2.45) is 0 Å². The summed E-state index contributed by atoms with van der Waals surface area (Å²) < 4.78 is 0. The van der Waals surface area contributed by atoms with Crippen LogP contribution in [0, 0.1) is 27.7 Å². The second kappa shape index (κ2) is 24.2. The molecule has 0 aromatic heterocycles. The third-order valence-electron chi connectivity index (χ3n) is 19.5. The summed E-state index contributed by atoms with van der Waals surface area (Å²) >= 11 is 0. The predicted octanol–water partition coefficient (Wildman–Crippen LogP) is 19.7. The van der Waals surface area contributed by atoms with Gasteiger partial charge in [-0.1, -0.05) is 204 Å². The molecule has 0 N–H and O–H groups in total. The highest BCUT2D eigenvalue weighted by Gasteiger charge is 2.45. The molecular weight excluding hydrogens is 1160 g/mol. The molecule has 0 saturated carbocycles. The highest BCUT2D eigenvalue weighted by Crippen LogP contribution is 2.49. The lowest BCUT2D eigenvalue weighted by atomic mass is 9.33. The highest BCUT2D eigenvalue weighted by atomic mass is 15.2. The normalized spacial score (nSPS) is 12.7. The van der Waals surface area contributed by atoms with E-state index in [2.05, 4.69) is 397 Å². The molecule has 0 bridgehead atoms. The zero-order chi connectivity index (χ0) is 64.4. The summed E-state index contributed by atoms with van der Waals surface area (Å²) in [5.41, 5.74) is 34.0. The van der Waals surface area contributed by atoms with E-state index in [4.69, 9.17) is 0 Å². The molecule has 4 heterocycles. The Morgan fingerprint density at radius 1 is 0.198 bits per heavy atom. The molecule has 8 heteroatoms. The van der Waals surface area contributed by atoms with Crippen LogP contribution in [0.1, 0.15) is 22.3 Å². The maximum atomic E-state index is 2.48. The maximum absolute atomic E-state index is 2.48. The van der Waals surface area contributed by atoms with Crippen molar-refractivity contribution in [2.75, 3.05) is 29.4 Å². The summed E-state index contributed by atoms with van der Waals surface area (Å²) in [6.07, 6.45) is 0. The lowest BCUT2D eigenvalue weighted by molar-refractivity contribution is 1.23. The van der Waals surface area contributed by atoms with Crippen LogP contribution >= 0.6 is 0 Å². The van der Waals surface area contributed by atoms with Crippen LogP contribution in [0.25, 0.3) is 0 Å². The number of rotatable bonds is 10. The van der Waals surface area contributed by atoms with Gasteiger partial charge < -0.3 is 29.4 Å². The second-order valence-corrected chi connectivity index (χ2v) is 25.6. The average Bonchev–Trinajstić information content (AvgIpc) is 0.715. The van der Waals surface area contributed by atoms with Crippen molar-refractivity contribution < 1.29 is 0 Å². The summed E-state index contributed by atoms with van der Waals surface area (Å²) in [7, 11) is 0. The molecule has 456 valence electrons. The molecule has 0 aliphatic carbocycles. The van der Waals surface area contributed by atoms with Crippen LogP contribution in [-0.2, 0) is 0 Å². The summed E-state index contributed by atoms with van der Waals surface area (Å²) in [6, 6.07) is 124. The van der Waals surface area contributed by atoms with E-state index in [0.717, 1.165) is 51.2 Å². The standard InChI is InChI=1S/C46H38BN3.C42H30BN3/c1-31-12-20-35(21-13-31)48(36-22-14-32(2)15-23-36)39-28-29-41-45(30-39)50(38-26-18-34(4)19-27-38)44-11-7-10-43-46(44)47(41)40-8-5-6-9-42(40)49(43)37-24-16-33(3)17-25-37;1-5-16-31(17-6-1)44(32-18-7-2-8-19-32)35-28-29-37-41(30-35)46(34-22-11-4-12-23-34)40-27-15-26-39-42(40)43(37)36-24-13-14-25-38(36)45(39)33-20-9-3-10-21-33/h5-30H,1-4H3;1-30H. The van der Waals surface area contributed by atoms with E-state index in [0.29, 0.717) is 0 Å². The van der Waals surface area contributed by atoms with E-state index in [1.54, 1.807) is 0 Å². The van der Waals surface area contributed by atoms with E-state index in [1.165, 1.54) is 106 Å². The number of fused-ring (bicyclic) bond motifs is 8. The van der Waals surface area contributed by atoms with Gasteiger partial charge in [0.05, 0.1) is 0 Å². The van der Waals surface area contributed by atoms with Gasteiger partial charge in [-0.25, -0.2) is 0 Å². The van der Waals surface area contributed by atoms with Crippen molar-refractivity contribution in [3.05, 3.63) is 362 Å². The van der Waals surface area contributed by atoms with Gasteiger partial charge in [-0.05, 0) is 218 Å². The van der Waals surface area contributed by atoms with Crippen LogP contribution < -0.4 is 62.2 Å². The van der Waals surface area contributed by atoms with Crippen LogP contribution in [0.5, 0.6) is 0 Å². The van der Waals surface area contributed by atoms with E-state index < -0.39 is 0 Å². The summed E-state index contributed by atoms with van der Waals surface area (Å²) in [6.45, 7) is 8.77. The molecule has 96 heavy (non-hydrogen) atoms. The fourth-order valence-electron chi connectivity index (χ4n) is 15.1. The van der Waals surface area contributed by atoms with Gasteiger partial charge in [0, 0.05) is 102 Å². The van der Waals surface area contributed by atoms with Crippen molar-refractivity contribution in [3.8, 4) is 0 Å². The number of aryl methyl sites for hydroxylation is 4. The molecule has 0 fully saturated rings. The molecule has 14 aromatic rings. The largest absolute Gasteiger partial charge is 0.311 e. The Labute approximate surface area is 564 Å². The molecule has 0 spiro atoms. The maximum Gasteiger partial charge on any atom is 0.252 e. The number of benzene rings is 14. The van der Waals surface area contributed by atoms with Crippen molar-refractivity contribution in [3.63, 3.8) is 0 Å². The molecule has 4 aliphatic heterocycles. The molecule has 0 radical (unpaired) electrons. The number of para-hydroxylation sites is 6. The van der Waals surface area contributed by atoms with Crippen LogP contribution in [-0.4, -0.2) is 13.4 Å². The van der Waals surface area contributed by atoms with Gasteiger partial charge in [-0.3, -0.25) is 0 Å². The second-order valence-electron chi connectivity index (χ2n) is 25.6. The Balaban J connectivity index is 0.000000146. The first-order valence-corrected chi connectivity index (χ1v) is 33.3. The number of anilines is 18. The number of hydrogen-bond donors (Lipinski definition) is 0. The Morgan fingerprint density at radius 3 is 0.802 bits per heavy atom. The molecule has 14 aromatic carbocycles. The molecule has 0 atom stereocenters. The topological polar surface area (TPSA) is 19.4 Å². The van der Waals surface area contributed by atoms with E-state index in [9.17, 15) is 0 Å². The van der Waals surface area contributed by atoms with Gasteiger partial charge >= 0.3 is 0 Å². The fourth-order valence-corrected chi connectivity index (χ4v) is 15.1. The average molecular weight is 1230 g/mol. The Kier molecular flexibility index (Phi) is 14.6. The van der Waals surface area contributed by atoms with Gasteiger partial charge in [0.15, 0.2) is 0 Å². The zero-order valence-corrected chi connectivity index (χ0v) is 54.2. The first-order chi connectivity index (χ1) is 47.3. The lowest BCUT2D eigenvalue weighted by Gasteiger charge is -2.44. The van der Waals surface area contributed by atoms with E-state index in [-0.39, 0.29) is 13.4 Å². The minimum absolute atomic E-state index is 0.0806. The summed E-state index contributed by atoms with van der Waals surface area (Å²) in [5, 5.41) is 0. The van der Waals surface area contributed by atoms with E-state index >= 15 is 0 Å². The van der Waals surface area contributed by atoms with Gasteiger partial charge in [0.2, 0.25) is 0 Å².